The van der Waals surface area contributed by atoms with Crippen LogP contribution in [0.15, 0.2) is 152 Å². The van der Waals surface area contributed by atoms with Gasteiger partial charge in [0.1, 0.15) is 11.9 Å². The Morgan fingerprint density at radius 1 is 0.442 bits per heavy atom. The van der Waals surface area contributed by atoms with E-state index in [1.165, 1.54) is 74.9 Å². The first kappa shape index (κ1) is 89.1. The summed E-state index contributed by atoms with van der Waals surface area (Å²) in [5.74, 6) is -5.04. The average molecular weight is 1550 g/mol. The highest BCUT2D eigenvalue weighted by molar-refractivity contribution is 5.92. The smallest absolute Gasteiger partial charge is 0.418 e. The van der Waals surface area contributed by atoms with Crippen molar-refractivity contribution in [3.8, 4) is 28.3 Å². The van der Waals surface area contributed by atoms with Gasteiger partial charge in [-0.15, -0.1) is 0 Å². The average Bonchev–Trinajstić information content (AvgIpc) is 0.794. The molecule has 4 saturated heterocycles. The third-order valence-electron chi connectivity index (χ3n) is 20.6. The van der Waals surface area contributed by atoms with Crippen LogP contribution in [0.5, 0.6) is 0 Å². The number of benzene rings is 7. The number of ether oxygens (including phenoxy) is 2. The van der Waals surface area contributed by atoms with Crippen LogP contribution in [0.3, 0.4) is 0 Å². The maximum absolute atomic E-state index is 13.2. The molecule has 24 heteroatoms. The second-order valence-corrected chi connectivity index (χ2v) is 29.2. The number of methoxy groups -OCH3 is 2. The number of carboxylic acid groups (broad SMARTS) is 6. The van der Waals surface area contributed by atoms with E-state index in [1.54, 1.807) is 73.7 Å². The van der Waals surface area contributed by atoms with E-state index in [0.29, 0.717) is 61.1 Å². The number of nitrogens with zero attached hydrogens (tertiary/aromatic N) is 7. The maximum atomic E-state index is 13.2. The minimum Gasteiger partial charge on any atom is -0.478 e. The first-order valence-corrected chi connectivity index (χ1v) is 38.1. The second kappa shape index (κ2) is 42.5. The number of aryl methyl sites for hydroxylation is 3. The van der Waals surface area contributed by atoms with E-state index in [4.69, 9.17) is 40.1 Å². The van der Waals surface area contributed by atoms with Gasteiger partial charge in [-0.2, -0.15) is 18.4 Å². The standard InChI is InChI=1S/C17H19NO2.C16H16O3.C15H21NO3.C14H16F3NO2.C14H16N2O2.C13H18N2O2/c1-12-6-4-5-7-15(12)16-9-8-13(17(19)20)10-14(16)11-18(2)3;1-11-5-3-4-6-14(11)15-8-7-12(16(17)18)9-13(15)10-19-2;1-11-5-3-4-8-16(11)14-7-6-12(15(17)18)9-13(14)10-19-2;1-9-4-2-3-7-18(9)12-6-5-10(13(19)20)8-11(12)14(15,16)17;1-10-4-2-3-7-16(10)13-6-5-11(14(17)18)8-12(13)9-15;1-9-7-11(13(16)17)8-14-12(9)15-6-4-3-5-10(15)2/h4-10H,11H2,1-3H3,(H,19,20);3-9H,10H2,1-2H3,(H,17,18);6-7,9,11H,3-5,8,10H2,1-2H3,(H,17,18);5-6,8-9H,2-4,7H2,1H3,(H,19,20);5-6,8,10H,2-4,7H2,1H3,(H,17,18);7-8,10H,3-6H2,1-2H3,(H,16,17). The Bertz CT molecular complexity index is 4640. The molecular weight excluding hydrogens is 1450 g/mol. The molecule has 4 atom stereocenters. The fourth-order valence-electron chi connectivity index (χ4n) is 14.7. The molecule has 1 aromatic heterocycles. The molecule has 0 saturated carbocycles. The van der Waals surface area contributed by atoms with Gasteiger partial charge in [0.2, 0.25) is 0 Å². The van der Waals surface area contributed by atoms with Crippen molar-refractivity contribution in [2.24, 2.45) is 0 Å². The number of hydrogen-bond acceptors (Lipinski definition) is 15. The summed E-state index contributed by atoms with van der Waals surface area (Å²) in [4.78, 5) is 80.8. The van der Waals surface area contributed by atoms with E-state index in [9.17, 15) is 47.2 Å². The van der Waals surface area contributed by atoms with Gasteiger partial charge in [-0.25, -0.2) is 33.8 Å². The van der Waals surface area contributed by atoms with Crippen LogP contribution in [0, 0.1) is 32.1 Å². The number of halogens is 3. The molecule has 8 aromatic rings. The highest BCUT2D eigenvalue weighted by Crippen LogP contribution is 2.40. The van der Waals surface area contributed by atoms with Crippen molar-refractivity contribution in [1.82, 2.24) is 9.88 Å². The van der Waals surface area contributed by atoms with Gasteiger partial charge in [-0.05, 0) is 275 Å². The minimum atomic E-state index is -4.56. The molecule has 5 heterocycles. The summed E-state index contributed by atoms with van der Waals surface area (Å²) in [5, 5.41) is 63.1. The summed E-state index contributed by atoms with van der Waals surface area (Å²) < 4.78 is 49.8. The lowest BCUT2D eigenvalue weighted by Gasteiger charge is -2.37. The number of piperidine rings is 4. The number of alkyl halides is 3. The van der Waals surface area contributed by atoms with Crippen molar-refractivity contribution in [3.05, 3.63) is 230 Å². The minimum absolute atomic E-state index is 0.0283. The van der Waals surface area contributed by atoms with Gasteiger partial charge < -0.3 is 64.6 Å². The summed E-state index contributed by atoms with van der Waals surface area (Å²) in [6.45, 7) is 19.6. The topological polar surface area (TPSA) is 295 Å². The number of rotatable bonds is 18. The Kier molecular flexibility index (Phi) is 33.5. The number of anilines is 4. The van der Waals surface area contributed by atoms with Crippen LogP contribution in [-0.2, 0) is 35.4 Å². The molecule has 4 unspecified atom stereocenters. The predicted molar refractivity (Wildman–Crippen MR) is 434 cm³/mol. The Hall–Kier alpha value is -11.1. The monoisotopic (exact) mass is 1550 g/mol. The lowest BCUT2D eigenvalue weighted by molar-refractivity contribution is -0.137. The number of nitriles is 1. The van der Waals surface area contributed by atoms with E-state index in [0.717, 1.165) is 125 Å². The Morgan fingerprint density at radius 2 is 0.805 bits per heavy atom. The van der Waals surface area contributed by atoms with Gasteiger partial charge in [-0.1, -0.05) is 60.7 Å². The molecule has 21 nitrogen and oxygen atoms in total. The summed E-state index contributed by atoms with van der Waals surface area (Å²) in [6.07, 6.45) is 10.3. The van der Waals surface area contributed by atoms with Crippen LogP contribution in [0.1, 0.15) is 211 Å². The molecule has 6 N–H and O–H groups in total. The van der Waals surface area contributed by atoms with Gasteiger partial charge >= 0.3 is 42.0 Å². The maximum Gasteiger partial charge on any atom is 0.418 e. The van der Waals surface area contributed by atoms with E-state index in [1.807, 2.05) is 94.4 Å². The molecule has 0 radical (unpaired) electrons. The number of pyridine rings is 1. The van der Waals surface area contributed by atoms with E-state index in [2.05, 4.69) is 65.6 Å². The van der Waals surface area contributed by atoms with Crippen molar-refractivity contribution in [2.45, 2.75) is 176 Å². The van der Waals surface area contributed by atoms with Crippen LogP contribution in [0.4, 0.5) is 36.1 Å². The van der Waals surface area contributed by atoms with Crippen LogP contribution < -0.4 is 19.6 Å². The van der Waals surface area contributed by atoms with E-state index >= 15 is 0 Å². The molecule has 4 aliphatic heterocycles. The zero-order chi connectivity index (χ0) is 82.8. The van der Waals surface area contributed by atoms with Crippen molar-refractivity contribution >= 4 is 58.7 Å². The Labute approximate surface area is 660 Å². The lowest BCUT2D eigenvalue weighted by atomic mass is 9.94. The number of carbonyl (C=O) groups is 6. The zero-order valence-electron chi connectivity index (χ0n) is 66.4. The van der Waals surface area contributed by atoms with E-state index in [-0.39, 0.29) is 34.0 Å². The van der Waals surface area contributed by atoms with Crippen molar-refractivity contribution in [3.63, 3.8) is 0 Å². The first-order valence-electron chi connectivity index (χ1n) is 38.1. The molecule has 12 rings (SSSR count). The molecule has 7 aromatic carbocycles. The normalized spacial score (nSPS) is 16.6. The van der Waals surface area contributed by atoms with E-state index < -0.39 is 47.6 Å². The molecule has 602 valence electrons. The first-order chi connectivity index (χ1) is 53.8. The summed E-state index contributed by atoms with van der Waals surface area (Å²) in [7, 11) is 7.20. The molecule has 0 bridgehead atoms. The van der Waals surface area contributed by atoms with Gasteiger partial charge in [0.25, 0.3) is 0 Å². The summed E-state index contributed by atoms with van der Waals surface area (Å²) >= 11 is 0. The Balaban J connectivity index is 0.000000188. The second-order valence-electron chi connectivity index (χ2n) is 29.2. The van der Waals surface area contributed by atoms with Gasteiger partial charge in [0.15, 0.2) is 0 Å². The van der Waals surface area contributed by atoms with Crippen molar-refractivity contribution in [1.29, 1.82) is 5.26 Å². The van der Waals surface area contributed by atoms with Crippen molar-refractivity contribution in [2.75, 3.05) is 74.1 Å². The third kappa shape index (κ3) is 24.9. The molecule has 0 spiro atoms. The Morgan fingerprint density at radius 3 is 1.21 bits per heavy atom. The van der Waals surface area contributed by atoms with Gasteiger partial charge in [-0.3, -0.25) is 0 Å². The molecule has 4 fully saturated rings. The van der Waals surface area contributed by atoms with Crippen LogP contribution >= 0.6 is 0 Å². The molecule has 0 aliphatic carbocycles. The molecule has 0 amide bonds. The number of aromatic carboxylic acids is 6. The summed E-state index contributed by atoms with van der Waals surface area (Å²) in [6, 6.07) is 45.2. The largest absolute Gasteiger partial charge is 0.478 e. The molecular formula is C89H106F3N7O14. The quantitative estimate of drug-likeness (QED) is 0.0465. The highest BCUT2D eigenvalue weighted by atomic mass is 19.4. The third-order valence-corrected chi connectivity index (χ3v) is 20.6. The van der Waals surface area contributed by atoms with Crippen molar-refractivity contribution < 1.29 is 82.1 Å². The van der Waals surface area contributed by atoms with Crippen LogP contribution in [0.25, 0.3) is 22.3 Å². The predicted octanol–water partition coefficient (Wildman–Crippen LogP) is 18.7. The number of carboxylic acids is 6. The van der Waals surface area contributed by atoms with Gasteiger partial charge in [0.05, 0.1) is 63.4 Å². The molecule has 113 heavy (non-hydrogen) atoms. The highest BCUT2D eigenvalue weighted by Gasteiger charge is 2.37. The SMILES string of the molecule is CC1CCCCN1c1ccc(C(=O)O)cc1C#N.CC1CCCCN1c1ccc(C(=O)O)cc1C(F)(F)F.COCc1cc(C(=O)O)ccc1-c1ccccc1C.COCc1cc(C(=O)O)ccc1N1CCCCC1C.Cc1cc(C(=O)O)cnc1N1CCCCC1C.Cc1ccccc1-c1ccc(C(=O)O)cc1CN(C)C. The fourth-order valence-corrected chi connectivity index (χ4v) is 14.7. The lowest BCUT2D eigenvalue weighted by Crippen LogP contribution is -2.38. The van der Waals surface area contributed by atoms with Gasteiger partial charge in [0, 0.05) is 94.2 Å². The number of hydrogen-bond donors (Lipinski definition) is 6. The molecule has 4 aliphatic rings. The van der Waals surface area contributed by atoms with Crippen LogP contribution in [0.2, 0.25) is 0 Å². The zero-order valence-corrected chi connectivity index (χ0v) is 66.4. The summed E-state index contributed by atoms with van der Waals surface area (Å²) in [5.41, 5.74) is 13.2. The number of aromatic nitrogens is 1. The van der Waals surface area contributed by atoms with Crippen LogP contribution in [-0.4, -0.2) is 155 Å². The fraction of sp³-hybridized carbons (Fsp3) is 0.393.